The zero-order valence-corrected chi connectivity index (χ0v) is 33.3. The number of ketones is 4. The molecule has 294 valence electrons. The molecule has 0 aliphatic carbocycles. The van der Waals surface area contributed by atoms with Gasteiger partial charge in [-0.3, -0.25) is 19.2 Å². The maximum Gasteiger partial charge on any atom is 0.170 e. The van der Waals surface area contributed by atoms with Crippen LogP contribution in [0.2, 0.25) is 0 Å². The zero-order valence-electron chi connectivity index (χ0n) is 33.3. The van der Waals surface area contributed by atoms with Crippen molar-refractivity contribution in [1.29, 1.82) is 0 Å². The summed E-state index contributed by atoms with van der Waals surface area (Å²) in [6.45, 7) is 5.78. The molecule has 0 aromatic heterocycles. The molecule has 0 unspecified atom stereocenters. The number of rotatable bonds is 32. The lowest BCUT2D eigenvalue weighted by molar-refractivity contribution is 0.0882. The van der Waals surface area contributed by atoms with Crippen LogP contribution in [-0.2, 0) is 0 Å². The molecule has 0 radical (unpaired) electrons. The van der Waals surface area contributed by atoms with E-state index < -0.39 is 0 Å². The summed E-state index contributed by atoms with van der Waals surface area (Å²) in [5, 5.41) is 0. The molecule has 3 aromatic carbocycles. The smallest absolute Gasteiger partial charge is 0.170 e. The quantitative estimate of drug-likeness (QED) is 0.0360. The van der Waals surface area contributed by atoms with Crippen LogP contribution in [0.4, 0.5) is 0 Å². The van der Waals surface area contributed by atoms with Crippen molar-refractivity contribution in [2.45, 2.75) is 155 Å². The van der Waals surface area contributed by atoms with E-state index in [2.05, 4.69) is 13.8 Å². The van der Waals surface area contributed by atoms with Gasteiger partial charge in [-0.1, -0.05) is 148 Å². The predicted octanol–water partition coefficient (Wildman–Crippen LogP) is 13.2. The van der Waals surface area contributed by atoms with Crippen LogP contribution in [0.15, 0.2) is 72.8 Å². The summed E-state index contributed by atoms with van der Waals surface area (Å²) in [5.41, 5.74) is 1.40. The van der Waals surface area contributed by atoms with Crippen molar-refractivity contribution in [1.82, 2.24) is 0 Å². The summed E-state index contributed by atoms with van der Waals surface area (Å²) >= 11 is 0. The van der Waals surface area contributed by atoms with Crippen LogP contribution >= 0.6 is 0 Å². The van der Waals surface area contributed by atoms with E-state index in [1.165, 1.54) is 109 Å². The van der Waals surface area contributed by atoms with Gasteiger partial charge in [0.1, 0.15) is 11.5 Å². The molecule has 6 nitrogen and oxygen atoms in total. The van der Waals surface area contributed by atoms with Crippen molar-refractivity contribution in [2.75, 3.05) is 13.2 Å². The van der Waals surface area contributed by atoms with Crippen molar-refractivity contribution in [2.24, 2.45) is 0 Å². The van der Waals surface area contributed by atoms with Gasteiger partial charge in [0.15, 0.2) is 23.1 Å². The third-order valence-corrected chi connectivity index (χ3v) is 10.0. The summed E-state index contributed by atoms with van der Waals surface area (Å²) in [4.78, 5) is 51.9. The Balaban J connectivity index is 1.33. The SMILES string of the molecule is CCCCCCCCCCCCOc1ccc(C(=O)CC(=O)c2cccc(C(=O)CC(=O)c3ccc(OCCCCCCCCCCCC)cc3)c2)cc1. The van der Waals surface area contributed by atoms with Crippen LogP contribution in [0.5, 0.6) is 11.5 Å². The first-order chi connectivity index (χ1) is 26.4. The minimum atomic E-state index is -0.379. The van der Waals surface area contributed by atoms with Crippen LogP contribution in [0.1, 0.15) is 197 Å². The molecule has 0 heterocycles. The maximum atomic E-state index is 13.0. The Morgan fingerprint density at radius 1 is 0.370 bits per heavy atom. The molecule has 0 N–H and O–H groups in total. The number of ether oxygens (including phenoxy) is 2. The summed E-state index contributed by atoms with van der Waals surface area (Å²) < 4.78 is 11.7. The Bertz CT molecular complexity index is 1400. The fraction of sp³-hybridized carbons (Fsp3) is 0.542. The van der Waals surface area contributed by atoms with Gasteiger partial charge in [-0.2, -0.15) is 0 Å². The standard InChI is InChI=1S/C48H66O6/c1-3-5-7-9-11-13-15-17-19-21-34-53-43-30-26-39(27-31-43)45(49)37-47(51)41-24-23-25-42(36-41)48(52)38-46(50)40-28-32-44(33-29-40)54-35-22-20-18-16-14-12-10-8-6-4-2/h23-33,36H,3-22,34-35,37-38H2,1-2H3. The van der Waals surface area contributed by atoms with Gasteiger partial charge in [-0.05, 0) is 67.4 Å². The van der Waals surface area contributed by atoms with Gasteiger partial charge in [0.25, 0.3) is 0 Å². The van der Waals surface area contributed by atoms with Crippen LogP contribution < -0.4 is 9.47 Å². The molecule has 0 aliphatic rings. The molecule has 0 saturated heterocycles. The first-order valence-electron chi connectivity index (χ1n) is 21.1. The molecule has 6 heteroatoms. The van der Waals surface area contributed by atoms with E-state index in [0.29, 0.717) is 35.8 Å². The molecule has 3 rings (SSSR count). The number of unbranched alkanes of at least 4 members (excludes halogenated alkanes) is 18. The summed E-state index contributed by atoms with van der Waals surface area (Å²) in [6, 6.07) is 20.1. The molecule has 0 amide bonds. The van der Waals surface area contributed by atoms with Gasteiger partial charge in [0.05, 0.1) is 26.1 Å². The Morgan fingerprint density at radius 2 is 0.667 bits per heavy atom. The molecule has 3 aromatic rings. The van der Waals surface area contributed by atoms with Crippen LogP contribution in [0, 0.1) is 0 Å². The summed E-state index contributed by atoms with van der Waals surface area (Å²) in [6.07, 6.45) is 24.7. The Hall–Kier alpha value is -4.06. The van der Waals surface area contributed by atoms with E-state index in [4.69, 9.17) is 9.47 Å². The second-order valence-electron chi connectivity index (χ2n) is 14.7. The van der Waals surface area contributed by atoms with Crippen molar-refractivity contribution in [3.63, 3.8) is 0 Å². The summed E-state index contributed by atoms with van der Waals surface area (Å²) in [5.74, 6) is 0.0521. The first-order valence-corrected chi connectivity index (χ1v) is 21.1. The second kappa shape index (κ2) is 27.5. The molecule has 54 heavy (non-hydrogen) atoms. The molecular formula is C48H66O6. The molecule has 0 fully saturated rings. The van der Waals surface area contributed by atoms with Crippen molar-refractivity contribution in [3.8, 4) is 11.5 Å². The normalized spacial score (nSPS) is 11.0. The van der Waals surface area contributed by atoms with E-state index >= 15 is 0 Å². The highest BCUT2D eigenvalue weighted by Crippen LogP contribution is 2.19. The minimum Gasteiger partial charge on any atom is -0.494 e. The monoisotopic (exact) mass is 738 g/mol. The van der Waals surface area contributed by atoms with Crippen molar-refractivity contribution >= 4 is 23.1 Å². The molecule has 0 aliphatic heterocycles. The topological polar surface area (TPSA) is 86.7 Å². The number of hydrogen-bond donors (Lipinski definition) is 0. The highest BCUT2D eigenvalue weighted by molar-refractivity contribution is 6.16. The number of carbonyl (C=O) groups excluding carboxylic acids is 4. The third-order valence-electron chi connectivity index (χ3n) is 10.0. The maximum absolute atomic E-state index is 13.0. The molecule has 0 spiro atoms. The lowest BCUT2D eigenvalue weighted by atomic mass is 9.97. The minimum absolute atomic E-state index is 0.266. The van der Waals surface area contributed by atoms with Gasteiger partial charge in [-0.15, -0.1) is 0 Å². The third kappa shape index (κ3) is 18.3. The van der Waals surface area contributed by atoms with Gasteiger partial charge in [0, 0.05) is 22.3 Å². The predicted molar refractivity (Wildman–Crippen MR) is 221 cm³/mol. The molecule has 0 atom stereocenters. The van der Waals surface area contributed by atoms with Crippen LogP contribution in [-0.4, -0.2) is 36.3 Å². The fourth-order valence-electron chi connectivity index (χ4n) is 6.60. The lowest BCUT2D eigenvalue weighted by Crippen LogP contribution is -2.11. The lowest BCUT2D eigenvalue weighted by Gasteiger charge is -2.08. The number of hydrogen-bond acceptors (Lipinski definition) is 6. The fourth-order valence-corrected chi connectivity index (χ4v) is 6.60. The van der Waals surface area contributed by atoms with E-state index in [-0.39, 0.29) is 47.1 Å². The first kappa shape index (κ1) is 44.3. The Kier molecular flexibility index (Phi) is 22.6. The van der Waals surface area contributed by atoms with Crippen molar-refractivity contribution in [3.05, 3.63) is 95.1 Å². The Morgan fingerprint density at radius 3 is 1.00 bits per heavy atom. The highest BCUT2D eigenvalue weighted by Gasteiger charge is 2.18. The number of carbonyl (C=O) groups is 4. The molecule has 0 bridgehead atoms. The summed E-state index contributed by atoms with van der Waals surface area (Å²) in [7, 11) is 0. The zero-order chi connectivity index (χ0) is 38.6. The largest absolute Gasteiger partial charge is 0.494 e. The second-order valence-corrected chi connectivity index (χ2v) is 14.7. The van der Waals surface area contributed by atoms with Crippen LogP contribution in [0.3, 0.4) is 0 Å². The van der Waals surface area contributed by atoms with Crippen LogP contribution in [0.25, 0.3) is 0 Å². The average Bonchev–Trinajstić information content (AvgIpc) is 3.19. The molecular weight excluding hydrogens is 673 g/mol. The number of benzene rings is 3. The highest BCUT2D eigenvalue weighted by atomic mass is 16.5. The van der Waals surface area contributed by atoms with Gasteiger partial charge >= 0.3 is 0 Å². The van der Waals surface area contributed by atoms with Crippen molar-refractivity contribution < 1.29 is 28.7 Å². The van der Waals surface area contributed by atoms with Gasteiger partial charge in [-0.25, -0.2) is 0 Å². The van der Waals surface area contributed by atoms with E-state index in [1.807, 2.05) is 0 Å². The number of Topliss-reactive ketones (excluding diaryl/α,β-unsaturated/α-hetero) is 4. The van der Waals surface area contributed by atoms with E-state index in [1.54, 1.807) is 66.7 Å². The average molecular weight is 739 g/mol. The Labute approximate surface area is 325 Å². The van der Waals surface area contributed by atoms with E-state index in [9.17, 15) is 19.2 Å². The van der Waals surface area contributed by atoms with E-state index in [0.717, 1.165) is 25.7 Å². The molecule has 0 saturated carbocycles. The van der Waals surface area contributed by atoms with Gasteiger partial charge in [0.2, 0.25) is 0 Å². The van der Waals surface area contributed by atoms with Gasteiger partial charge < -0.3 is 9.47 Å².